The SMILES string of the molecule is CNC1CCC(N(C)C(C)COC)C1. The first kappa shape index (κ1) is 12.0. The van der Waals surface area contributed by atoms with Crippen LogP contribution in [-0.2, 0) is 4.74 Å². The molecule has 0 heterocycles. The molecule has 0 saturated heterocycles. The highest BCUT2D eigenvalue weighted by Gasteiger charge is 2.28. The summed E-state index contributed by atoms with van der Waals surface area (Å²) < 4.78 is 5.18. The second-order valence-electron chi connectivity index (χ2n) is 4.42. The third kappa shape index (κ3) is 2.94. The minimum Gasteiger partial charge on any atom is -0.383 e. The fourth-order valence-corrected chi connectivity index (χ4v) is 2.31. The Morgan fingerprint density at radius 1 is 1.50 bits per heavy atom. The number of nitrogens with zero attached hydrogens (tertiary/aromatic N) is 1. The second kappa shape index (κ2) is 5.69. The van der Waals surface area contributed by atoms with Crippen LogP contribution < -0.4 is 5.32 Å². The summed E-state index contributed by atoms with van der Waals surface area (Å²) in [6.07, 6.45) is 3.91. The van der Waals surface area contributed by atoms with Crippen molar-refractivity contribution < 1.29 is 4.74 Å². The zero-order chi connectivity index (χ0) is 10.6. The first-order valence-electron chi connectivity index (χ1n) is 5.57. The Morgan fingerprint density at radius 2 is 2.21 bits per heavy atom. The summed E-state index contributed by atoms with van der Waals surface area (Å²) in [5.41, 5.74) is 0. The maximum absolute atomic E-state index is 5.18. The lowest BCUT2D eigenvalue weighted by Crippen LogP contribution is -2.40. The molecule has 1 aliphatic rings. The van der Waals surface area contributed by atoms with E-state index >= 15 is 0 Å². The molecule has 0 aromatic carbocycles. The minimum atomic E-state index is 0.528. The molecular formula is C11H24N2O. The molecular weight excluding hydrogens is 176 g/mol. The van der Waals surface area contributed by atoms with Gasteiger partial charge in [0.1, 0.15) is 0 Å². The summed E-state index contributed by atoms with van der Waals surface area (Å²) in [4.78, 5) is 2.46. The van der Waals surface area contributed by atoms with Crippen LogP contribution in [0.1, 0.15) is 26.2 Å². The van der Waals surface area contributed by atoms with Crippen LogP contribution in [0.3, 0.4) is 0 Å². The average Bonchev–Trinajstić information content (AvgIpc) is 2.65. The maximum atomic E-state index is 5.18. The monoisotopic (exact) mass is 200 g/mol. The van der Waals surface area contributed by atoms with Crippen molar-refractivity contribution in [2.75, 3.05) is 27.8 Å². The molecule has 0 bridgehead atoms. The molecule has 14 heavy (non-hydrogen) atoms. The third-order valence-corrected chi connectivity index (χ3v) is 3.49. The van der Waals surface area contributed by atoms with Crippen LogP contribution in [0.25, 0.3) is 0 Å². The third-order valence-electron chi connectivity index (χ3n) is 3.49. The molecule has 3 unspecified atom stereocenters. The summed E-state index contributed by atoms with van der Waals surface area (Å²) in [5, 5.41) is 3.36. The van der Waals surface area contributed by atoms with Gasteiger partial charge in [0.2, 0.25) is 0 Å². The lowest BCUT2D eigenvalue weighted by atomic mass is 10.1. The molecule has 0 aliphatic heterocycles. The van der Waals surface area contributed by atoms with Crippen LogP contribution in [0.2, 0.25) is 0 Å². The number of ether oxygens (including phenoxy) is 1. The van der Waals surface area contributed by atoms with E-state index < -0.39 is 0 Å². The van der Waals surface area contributed by atoms with E-state index in [1.807, 2.05) is 0 Å². The molecule has 1 saturated carbocycles. The van der Waals surface area contributed by atoms with E-state index in [0.717, 1.165) is 18.7 Å². The molecule has 0 amide bonds. The van der Waals surface area contributed by atoms with Crippen LogP contribution in [0.15, 0.2) is 0 Å². The molecule has 0 aromatic heterocycles. The van der Waals surface area contributed by atoms with Gasteiger partial charge in [0.25, 0.3) is 0 Å². The predicted molar refractivity (Wildman–Crippen MR) is 59.6 cm³/mol. The largest absolute Gasteiger partial charge is 0.383 e. The molecule has 3 atom stereocenters. The van der Waals surface area contributed by atoms with Crippen molar-refractivity contribution >= 4 is 0 Å². The van der Waals surface area contributed by atoms with Gasteiger partial charge in [0, 0.05) is 25.2 Å². The minimum absolute atomic E-state index is 0.528. The number of likely N-dealkylation sites (N-methyl/N-ethyl adjacent to an activating group) is 1. The van der Waals surface area contributed by atoms with Crippen molar-refractivity contribution in [3.8, 4) is 0 Å². The molecule has 0 radical (unpaired) electrons. The first-order valence-corrected chi connectivity index (χ1v) is 5.57. The molecule has 1 fully saturated rings. The van der Waals surface area contributed by atoms with E-state index in [0.29, 0.717) is 6.04 Å². The van der Waals surface area contributed by atoms with Crippen LogP contribution in [0.4, 0.5) is 0 Å². The second-order valence-corrected chi connectivity index (χ2v) is 4.42. The first-order chi connectivity index (χ1) is 6.69. The summed E-state index contributed by atoms with van der Waals surface area (Å²) in [6.45, 7) is 3.06. The molecule has 1 aliphatic carbocycles. The summed E-state index contributed by atoms with van der Waals surface area (Å²) in [6, 6.07) is 1.98. The lowest BCUT2D eigenvalue weighted by molar-refractivity contribution is 0.0900. The Kier molecular flexibility index (Phi) is 4.85. The summed E-state index contributed by atoms with van der Waals surface area (Å²) in [7, 11) is 6.05. The average molecular weight is 200 g/mol. The van der Waals surface area contributed by atoms with Crippen LogP contribution in [-0.4, -0.2) is 50.8 Å². The highest BCUT2D eigenvalue weighted by molar-refractivity contribution is 4.86. The van der Waals surface area contributed by atoms with E-state index in [2.05, 4.69) is 31.2 Å². The standard InChI is InChI=1S/C11H24N2O/c1-9(8-14-4)13(3)11-6-5-10(7-11)12-2/h9-12H,5-8H2,1-4H3. The van der Waals surface area contributed by atoms with Crippen molar-refractivity contribution in [1.82, 2.24) is 10.2 Å². The van der Waals surface area contributed by atoms with Crippen molar-refractivity contribution in [2.24, 2.45) is 0 Å². The molecule has 84 valence electrons. The number of hydrogen-bond acceptors (Lipinski definition) is 3. The van der Waals surface area contributed by atoms with Gasteiger partial charge in [-0.2, -0.15) is 0 Å². The van der Waals surface area contributed by atoms with Crippen molar-refractivity contribution in [1.29, 1.82) is 0 Å². The Labute approximate surface area is 87.8 Å². The number of methoxy groups -OCH3 is 1. The molecule has 0 spiro atoms. The van der Waals surface area contributed by atoms with Gasteiger partial charge in [0.05, 0.1) is 6.61 Å². The van der Waals surface area contributed by atoms with E-state index in [1.165, 1.54) is 19.3 Å². The van der Waals surface area contributed by atoms with Gasteiger partial charge >= 0.3 is 0 Å². The molecule has 3 nitrogen and oxygen atoms in total. The van der Waals surface area contributed by atoms with Crippen LogP contribution in [0.5, 0.6) is 0 Å². The Morgan fingerprint density at radius 3 is 2.71 bits per heavy atom. The lowest BCUT2D eigenvalue weighted by Gasteiger charge is -2.30. The zero-order valence-electron chi connectivity index (χ0n) is 9.92. The van der Waals surface area contributed by atoms with E-state index in [4.69, 9.17) is 4.74 Å². The van der Waals surface area contributed by atoms with E-state index in [-0.39, 0.29) is 0 Å². The molecule has 1 N–H and O–H groups in total. The highest BCUT2D eigenvalue weighted by atomic mass is 16.5. The summed E-state index contributed by atoms with van der Waals surface area (Å²) in [5.74, 6) is 0. The van der Waals surface area contributed by atoms with Crippen molar-refractivity contribution in [3.63, 3.8) is 0 Å². The number of nitrogens with one attached hydrogen (secondary N) is 1. The topological polar surface area (TPSA) is 24.5 Å². The van der Waals surface area contributed by atoms with Crippen molar-refractivity contribution in [2.45, 2.75) is 44.3 Å². The smallest absolute Gasteiger partial charge is 0.0615 e. The summed E-state index contributed by atoms with van der Waals surface area (Å²) >= 11 is 0. The number of hydrogen-bond donors (Lipinski definition) is 1. The zero-order valence-corrected chi connectivity index (χ0v) is 9.92. The number of rotatable bonds is 5. The molecule has 1 rings (SSSR count). The van der Waals surface area contributed by atoms with Gasteiger partial charge in [-0.05, 0) is 40.3 Å². The highest BCUT2D eigenvalue weighted by Crippen LogP contribution is 2.24. The fraction of sp³-hybridized carbons (Fsp3) is 1.00. The quantitative estimate of drug-likeness (QED) is 0.719. The Bertz CT molecular complexity index is 163. The maximum Gasteiger partial charge on any atom is 0.0615 e. The van der Waals surface area contributed by atoms with Gasteiger partial charge in [-0.15, -0.1) is 0 Å². The predicted octanol–water partition coefficient (Wildman–Crippen LogP) is 1.09. The van der Waals surface area contributed by atoms with E-state index in [9.17, 15) is 0 Å². The van der Waals surface area contributed by atoms with Gasteiger partial charge in [-0.1, -0.05) is 0 Å². The van der Waals surface area contributed by atoms with Gasteiger partial charge in [-0.3, -0.25) is 4.90 Å². The van der Waals surface area contributed by atoms with E-state index in [1.54, 1.807) is 7.11 Å². The van der Waals surface area contributed by atoms with Crippen molar-refractivity contribution in [3.05, 3.63) is 0 Å². The molecule has 3 heteroatoms. The van der Waals surface area contributed by atoms with Gasteiger partial charge in [0.15, 0.2) is 0 Å². The normalized spacial score (nSPS) is 29.8. The van der Waals surface area contributed by atoms with Gasteiger partial charge < -0.3 is 10.1 Å². The molecule has 0 aromatic rings. The Balaban J connectivity index is 2.34. The fourth-order valence-electron chi connectivity index (χ4n) is 2.31. The van der Waals surface area contributed by atoms with Crippen LogP contribution in [0, 0.1) is 0 Å². The Hall–Kier alpha value is -0.120. The van der Waals surface area contributed by atoms with Crippen LogP contribution >= 0.6 is 0 Å². The van der Waals surface area contributed by atoms with Gasteiger partial charge in [-0.25, -0.2) is 0 Å².